The fourth-order valence-corrected chi connectivity index (χ4v) is 2.11. The van der Waals surface area contributed by atoms with Crippen molar-refractivity contribution in [2.45, 2.75) is 25.3 Å². The van der Waals surface area contributed by atoms with Crippen LogP contribution in [0, 0.1) is 11.3 Å². The van der Waals surface area contributed by atoms with E-state index in [9.17, 15) is 13.2 Å². The molecule has 0 bridgehead atoms. The van der Waals surface area contributed by atoms with E-state index in [2.05, 4.69) is 5.32 Å². The van der Waals surface area contributed by atoms with Crippen molar-refractivity contribution in [2.75, 3.05) is 19.7 Å². The zero-order chi connectivity index (χ0) is 15.5. The number of alkyl halides is 3. The normalized spacial score (nSPS) is 22.6. The lowest BCUT2D eigenvalue weighted by molar-refractivity contribution is -0.137. The monoisotopic (exact) mass is 300 g/mol. The second-order valence-corrected chi connectivity index (χ2v) is 4.85. The van der Waals surface area contributed by atoms with E-state index in [0.29, 0.717) is 6.54 Å². The summed E-state index contributed by atoms with van der Waals surface area (Å²) in [5.41, 5.74) is -1.40. The van der Waals surface area contributed by atoms with E-state index in [1.165, 1.54) is 6.07 Å². The van der Waals surface area contributed by atoms with Gasteiger partial charge in [0.15, 0.2) is 0 Å². The molecule has 1 fully saturated rings. The maximum Gasteiger partial charge on any atom is 0.417 e. The molecule has 1 N–H and O–H groups in total. The van der Waals surface area contributed by atoms with Crippen molar-refractivity contribution in [3.63, 3.8) is 0 Å². The lowest BCUT2D eigenvalue weighted by Crippen LogP contribution is -2.45. The van der Waals surface area contributed by atoms with Crippen LogP contribution in [-0.2, 0) is 10.9 Å². The first-order valence-corrected chi connectivity index (χ1v) is 6.50. The summed E-state index contributed by atoms with van der Waals surface area (Å²) >= 11 is 0. The highest BCUT2D eigenvalue weighted by atomic mass is 19.4. The molecule has 2 unspecified atom stereocenters. The molecule has 1 aromatic carbocycles. The first-order chi connectivity index (χ1) is 9.90. The van der Waals surface area contributed by atoms with Gasteiger partial charge in [0, 0.05) is 13.1 Å². The van der Waals surface area contributed by atoms with Crippen LogP contribution in [0.4, 0.5) is 13.2 Å². The third kappa shape index (κ3) is 4.09. The minimum absolute atomic E-state index is 0.0645. The molecule has 0 saturated carbocycles. The predicted molar refractivity (Wildman–Crippen MR) is 68.9 cm³/mol. The summed E-state index contributed by atoms with van der Waals surface area (Å²) in [5.74, 6) is 0.223. The largest absolute Gasteiger partial charge is 0.491 e. The Morgan fingerprint density at radius 1 is 1.43 bits per heavy atom. The Hall–Kier alpha value is -1.78. The fourth-order valence-electron chi connectivity index (χ4n) is 2.11. The van der Waals surface area contributed by atoms with Gasteiger partial charge in [-0.1, -0.05) is 0 Å². The van der Waals surface area contributed by atoms with Crippen molar-refractivity contribution in [2.24, 2.45) is 0 Å². The fraction of sp³-hybridized carbons (Fsp3) is 0.500. The topological polar surface area (TPSA) is 54.3 Å². The van der Waals surface area contributed by atoms with Crippen LogP contribution in [0.2, 0.25) is 0 Å². The van der Waals surface area contributed by atoms with Crippen molar-refractivity contribution < 1.29 is 22.6 Å². The Labute approximate surface area is 120 Å². The molecule has 114 valence electrons. The van der Waals surface area contributed by atoms with Gasteiger partial charge in [-0.3, -0.25) is 0 Å². The summed E-state index contributed by atoms with van der Waals surface area (Å²) in [5, 5.41) is 12.0. The predicted octanol–water partition coefficient (Wildman–Crippen LogP) is 2.33. The van der Waals surface area contributed by atoms with Gasteiger partial charge in [-0.25, -0.2) is 0 Å². The molecule has 1 aliphatic rings. The quantitative estimate of drug-likeness (QED) is 0.931. The first kappa shape index (κ1) is 15.6. The summed E-state index contributed by atoms with van der Waals surface area (Å²) in [6, 6.07) is 4.71. The second-order valence-electron chi connectivity index (χ2n) is 4.85. The molecule has 2 rings (SSSR count). The van der Waals surface area contributed by atoms with E-state index in [0.717, 1.165) is 18.7 Å². The molecule has 2 atom stereocenters. The van der Waals surface area contributed by atoms with Gasteiger partial charge in [0.2, 0.25) is 0 Å². The Kier molecular flexibility index (Phi) is 4.70. The average Bonchev–Trinajstić information content (AvgIpc) is 2.44. The second kappa shape index (κ2) is 6.33. The van der Waals surface area contributed by atoms with Crippen LogP contribution in [0.1, 0.15) is 18.1 Å². The van der Waals surface area contributed by atoms with Gasteiger partial charge >= 0.3 is 6.18 Å². The van der Waals surface area contributed by atoms with Crippen LogP contribution in [-0.4, -0.2) is 31.9 Å². The molecule has 4 nitrogen and oxygen atoms in total. The number of halogens is 3. The highest BCUT2D eigenvalue weighted by Gasteiger charge is 2.33. The van der Waals surface area contributed by atoms with E-state index in [4.69, 9.17) is 14.7 Å². The van der Waals surface area contributed by atoms with E-state index in [1.807, 2.05) is 6.92 Å². The number of nitriles is 1. The molecule has 21 heavy (non-hydrogen) atoms. The molecule has 1 saturated heterocycles. The van der Waals surface area contributed by atoms with Crippen LogP contribution in [0.15, 0.2) is 18.2 Å². The molecular formula is C14H15F3N2O2. The summed E-state index contributed by atoms with van der Waals surface area (Å²) < 4.78 is 49.0. The molecular weight excluding hydrogens is 285 g/mol. The highest BCUT2D eigenvalue weighted by Crippen LogP contribution is 2.33. The minimum Gasteiger partial charge on any atom is -0.491 e. The van der Waals surface area contributed by atoms with Gasteiger partial charge in [0.1, 0.15) is 18.5 Å². The number of ether oxygens (including phenoxy) is 2. The molecule has 1 heterocycles. The molecule has 7 heteroatoms. The molecule has 1 aromatic rings. The van der Waals surface area contributed by atoms with Gasteiger partial charge in [-0.15, -0.1) is 0 Å². The van der Waals surface area contributed by atoms with Crippen LogP contribution in [0.3, 0.4) is 0 Å². The Morgan fingerprint density at radius 3 is 2.81 bits per heavy atom. The molecule has 0 amide bonds. The number of hydrogen-bond acceptors (Lipinski definition) is 4. The van der Waals surface area contributed by atoms with Crippen LogP contribution >= 0.6 is 0 Å². The van der Waals surface area contributed by atoms with E-state index in [-0.39, 0.29) is 24.6 Å². The summed E-state index contributed by atoms with van der Waals surface area (Å²) in [4.78, 5) is 0. The van der Waals surface area contributed by atoms with Gasteiger partial charge in [0.05, 0.1) is 23.3 Å². The van der Waals surface area contributed by atoms with Crippen LogP contribution in [0.5, 0.6) is 5.75 Å². The average molecular weight is 300 g/mol. The molecule has 0 aromatic heterocycles. The van der Waals surface area contributed by atoms with Crippen molar-refractivity contribution in [1.29, 1.82) is 5.26 Å². The number of benzene rings is 1. The van der Waals surface area contributed by atoms with Crippen molar-refractivity contribution >= 4 is 0 Å². The molecule has 0 aliphatic carbocycles. The van der Waals surface area contributed by atoms with E-state index < -0.39 is 17.3 Å². The first-order valence-electron chi connectivity index (χ1n) is 6.50. The Balaban J connectivity index is 2.03. The standard InChI is InChI=1S/C14H15F3N2O2/c1-9-6-19-7-12(21-9)8-20-11-2-3-13(14(15,16)17)10(4-11)5-18/h2-4,9,12,19H,6-8H2,1H3. The summed E-state index contributed by atoms with van der Waals surface area (Å²) in [7, 11) is 0. The van der Waals surface area contributed by atoms with Gasteiger partial charge in [-0.05, 0) is 25.1 Å². The van der Waals surface area contributed by atoms with Crippen molar-refractivity contribution in [3.05, 3.63) is 29.3 Å². The molecule has 1 aliphatic heterocycles. The van der Waals surface area contributed by atoms with E-state index in [1.54, 1.807) is 6.07 Å². The van der Waals surface area contributed by atoms with E-state index >= 15 is 0 Å². The molecule has 0 radical (unpaired) electrons. The minimum atomic E-state index is -4.55. The highest BCUT2D eigenvalue weighted by molar-refractivity contribution is 5.44. The van der Waals surface area contributed by atoms with Crippen molar-refractivity contribution in [1.82, 2.24) is 5.32 Å². The van der Waals surface area contributed by atoms with Gasteiger partial charge < -0.3 is 14.8 Å². The number of nitrogens with one attached hydrogen (secondary N) is 1. The Morgan fingerprint density at radius 2 is 2.19 bits per heavy atom. The third-order valence-corrected chi connectivity index (χ3v) is 3.08. The number of hydrogen-bond donors (Lipinski definition) is 1. The third-order valence-electron chi connectivity index (χ3n) is 3.08. The lowest BCUT2D eigenvalue weighted by atomic mass is 10.1. The SMILES string of the molecule is CC1CNCC(COc2ccc(C(F)(F)F)c(C#N)c2)O1. The maximum absolute atomic E-state index is 12.7. The van der Waals surface area contributed by atoms with Gasteiger partial charge in [-0.2, -0.15) is 18.4 Å². The van der Waals surface area contributed by atoms with Crippen LogP contribution in [0.25, 0.3) is 0 Å². The Bertz CT molecular complexity index is 540. The lowest BCUT2D eigenvalue weighted by Gasteiger charge is -2.28. The number of morpholine rings is 1. The summed E-state index contributed by atoms with van der Waals surface area (Å²) in [6.45, 7) is 3.52. The zero-order valence-corrected chi connectivity index (χ0v) is 11.4. The number of nitrogens with zero attached hydrogens (tertiary/aromatic N) is 1. The van der Waals surface area contributed by atoms with Gasteiger partial charge in [0.25, 0.3) is 0 Å². The van der Waals surface area contributed by atoms with Crippen LogP contribution < -0.4 is 10.1 Å². The maximum atomic E-state index is 12.7. The zero-order valence-electron chi connectivity index (χ0n) is 11.4. The smallest absolute Gasteiger partial charge is 0.417 e. The molecule has 0 spiro atoms. The van der Waals surface area contributed by atoms with Crippen molar-refractivity contribution in [3.8, 4) is 11.8 Å². The summed E-state index contributed by atoms with van der Waals surface area (Å²) in [6.07, 6.45) is -4.65. The number of rotatable bonds is 3.